The zero-order valence-electron chi connectivity index (χ0n) is 17.9. The summed E-state index contributed by atoms with van der Waals surface area (Å²) in [5.41, 5.74) is 3.58. The summed E-state index contributed by atoms with van der Waals surface area (Å²) in [6, 6.07) is 11.2. The highest BCUT2D eigenvalue weighted by Gasteiger charge is 2.18. The molecule has 0 saturated carbocycles. The molecule has 1 aromatic heterocycles. The van der Waals surface area contributed by atoms with Crippen LogP contribution in [0.1, 0.15) is 28.9 Å². The Morgan fingerprint density at radius 1 is 1.00 bits per heavy atom. The zero-order valence-corrected chi connectivity index (χ0v) is 17.9. The van der Waals surface area contributed by atoms with Crippen LogP contribution in [0, 0.1) is 12.7 Å². The summed E-state index contributed by atoms with van der Waals surface area (Å²) in [5.74, 6) is -0.698. The molecule has 2 aromatic carbocycles. The van der Waals surface area contributed by atoms with Gasteiger partial charge in [0.15, 0.2) is 0 Å². The van der Waals surface area contributed by atoms with Crippen LogP contribution in [0.2, 0.25) is 0 Å². The van der Waals surface area contributed by atoms with Gasteiger partial charge in [0.25, 0.3) is 5.91 Å². The van der Waals surface area contributed by atoms with Crippen molar-refractivity contribution in [2.45, 2.75) is 25.8 Å². The normalized spacial score (nSPS) is 11.7. The zero-order chi connectivity index (χ0) is 24.0. The number of hydrogen-bond donors (Lipinski definition) is 6. The number of hydrogen-bond acceptors (Lipinski definition) is 3. The van der Waals surface area contributed by atoms with Gasteiger partial charge in [-0.25, -0.2) is 14.0 Å². The molecule has 1 heterocycles. The van der Waals surface area contributed by atoms with Gasteiger partial charge < -0.3 is 31.1 Å². The number of amides is 3. The molecule has 0 fully saturated rings. The van der Waals surface area contributed by atoms with Crippen molar-refractivity contribution < 1.29 is 29.0 Å². The molecule has 0 bridgehead atoms. The van der Waals surface area contributed by atoms with Gasteiger partial charge in [0.1, 0.15) is 11.5 Å². The van der Waals surface area contributed by atoms with Crippen molar-refractivity contribution in [2.75, 3.05) is 13.1 Å². The molecule has 33 heavy (non-hydrogen) atoms. The topological polar surface area (TPSA) is 144 Å². The summed E-state index contributed by atoms with van der Waals surface area (Å²) < 4.78 is 13.2. The molecule has 6 N–H and O–H groups in total. The van der Waals surface area contributed by atoms with Crippen LogP contribution in [-0.2, 0) is 0 Å². The molecule has 3 amide bonds. The van der Waals surface area contributed by atoms with Crippen molar-refractivity contribution in [3.05, 3.63) is 59.5 Å². The Morgan fingerprint density at radius 2 is 1.70 bits per heavy atom. The van der Waals surface area contributed by atoms with Crippen LogP contribution in [0.25, 0.3) is 22.0 Å². The van der Waals surface area contributed by atoms with E-state index in [4.69, 9.17) is 10.2 Å². The molecular weight excluding hydrogens is 431 g/mol. The Hall–Kier alpha value is -4.08. The standard InChI is InChI=1S/C23H25FN4O5/c1-13-18-9-6-15(14-4-7-16(24)8-5-14)11-19(18)28-20(13)21(29)26-12-17(27-23(32)33)3-2-10-25-22(30)31/h4-9,11,17,25,27-28H,2-3,10,12H2,1H3,(H,26,29)(H,30,31)(H,32,33). The molecule has 0 spiro atoms. The molecule has 0 saturated heterocycles. The Bertz CT molecular complexity index is 1160. The Morgan fingerprint density at radius 3 is 2.36 bits per heavy atom. The van der Waals surface area contributed by atoms with Crippen molar-refractivity contribution in [2.24, 2.45) is 0 Å². The average Bonchev–Trinajstić information content (AvgIpc) is 3.10. The molecule has 0 aliphatic rings. The lowest BCUT2D eigenvalue weighted by molar-refractivity contribution is 0.0942. The summed E-state index contributed by atoms with van der Waals surface area (Å²) >= 11 is 0. The average molecular weight is 456 g/mol. The number of aromatic nitrogens is 1. The van der Waals surface area contributed by atoms with Crippen LogP contribution in [0.5, 0.6) is 0 Å². The van der Waals surface area contributed by atoms with E-state index in [-0.39, 0.29) is 24.8 Å². The molecule has 3 aromatic rings. The summed E-state index contributed by atoms with van der Waals surface area (Å²) in [6.45, 7) is 2.04. The predicted octanol–water partition coefficient (Wildman–Crippen LogP) is 3.70. The van der Waals surface area contributed by atoms with Crippen LogP contribution < -0.4 is 16.0 Å². The maximum absolute atomic E-state index is 13.2. The van der Waals surface area contributed by atoms with Gasteiger partial charge in [-0.3, -0.25) is 4.79 Å². The second-order valence-electron chi connectivity index (χ2n) is 7.62. The fraction of sp³-hybridized carbons (Fsp3) is 0.261. The molecule has 1 unspecified atom stereocenters. The summed E-state index contributed by atoms with van der Waals surface area (Å²) in [5, 5.41) is 25.8. The predicted molar refractivity (Wildman–Crippen MR) is 121 cm³/mol. The number of aryl methyl sites for hydroxylation is 1. The lowest BCUT2D eigenvalue weighted by Gasteiger charge is -2.17. The van der Waals surface area contributed by atoms with E-state index in [9.17, 15) is 18.8 Å². The molecule has 3 rings (SSSR count). The van der Waals surface area contributed by atoms with Gasteiger partial charge in [0.05, 0.1) is 0 Å². The van der Waals surface area contributed by atoms with E-state index in [2.05, 4.69) is 20.9 Å². The number of carboxylic acid groups (broad SMARTS) is 2. The molecule has 10 heteroatoms. The Kier molecular flexibility index (Phi) is 7.50. The molecule has 9 nitrogen and oxygen atoms in total. The van der Waals surface area contributed by atoms with Crippen LogP contribution in [0.15, 0.2) is 42.5 Å². The highest BCUT2D eigenvalue weighted by molar-refractivity contribution is 6.01. The smallest absolute Gasteiger partial charge is 0.404 e. The van der Waals surface area contributed by atoms with Crippen LogP contribution in [0.4, 0.5) is 14.0 Å². The summed E-state index contributed by atoms with van der Waals surface area (Å²) in [4.78, 5) is 37.5. The van der Waals surface area contributed by atoms with E-state index in [1.54, 1.807) is 12.1 Å². The highest BCUT2D eigenvalue weighted by atomic mass is 19.1. The van der Waals surface area contributed by atoms with E-state index < -0.39 is 18.2 Å². The first-order valence-electron chi connectivity index (χ1n) is 10.4. The van der Waals surface area contributed by atoms with Crippen molar-refractivity contribution in [3.8, 4) is 11.1 Å². The van der Waals surface area contributed by atoms with Gasteiger partial charge in [-0.15, -0.1) is 0 Å². The highest BCUT2D eigenvalue weighted by Crippen LogP contribution is 2.28. The van der Waals surface area contributed by atoms with Gasteiger partial charge >= 0.3 is 12.2 Å². The number of fused-ring (bicyclic) bond motifs is 1. The van der Waals surface area contributed by atoms with Crippen molar-refractivity contribution in [1.29, 1.82) is 0 Å². The Labute approximate surface area is 189 Å². The minimum atomic E-state index is -1.23. The number of rotatable bonds is 9. The number of benzene rings is 2. The first-order valence-corrected chi connectivity index (χ1v) is 10.4. The number of halogens is 1. The van der Waals surface area contributed by atoms with Crippen molar-refractivity contribution in [1.82, 2.24) is 20.9 Å². The quantitative estimate of drug-likeness (QED) is 0.272. The monoisotopic (exact) mass is 456 g/mol. The van der Waals surface area contributed by atoms with E-state index >= 15 is 0 Å². The molecule has 0 aliphatic carbocycles. The minimum Gasteiger partial charge on any atom is -0.465 e. The SMILES string of the molecule is Cc1c(C(=O)NCC(CCCNC(=O)O)NC(=O)O)[nH]c2cc(-c3ccc(F)cc3)ccc12. The largest absolute Gasteiger partial charge is 0.465 e. The number of carbonyl (C=O) groups excluding carboxylic acids is 1. The van der Waals surface area contributed by atoms with E-state index in [1.807, 2.05) is 25.1 Å². The Balaban J connectivity index is 1.69. The summed E-state index contributed by atoms with van der Waals surface area (Å²) in [7, 11) is 0. The second-order valence-corrected chi connectivity index (χ2v) is 7.62. The van der Waals surface area contributed by atoms with Crippen LogP contribution in [0.3, 0.4) is 0 Å². The van der Waals surface area contributed by atoms with Gasteiger partial charge in [-0.2, -0.15) is 0 Å². The van der Waals surface area contributed by atoms with E-state index in [1.165, 1.54) is 12.1 Å². The maximum atomic E-state index is 13.2. The van der Waals surface area contributed by atoms with Crippen molar-refractivity contribution >= 4 is 29.0 Å². The minimum absolute atomic E-state index is 0.0494. The van der Waals surface area contributed by atoms with E-state index in [0.29, 0.717) is 18.5 Å². The first-order chi connectivity index (χ1) is 15.7. The van der Waals surface area contributed by atoms with E-state index in [0.717, 1.165) is 27.6 Å². The van der Waals surface area contributed by atoms with Crippen LogP contribution >= 0.6 is 0 Å². The fourth-order valence-corrected chi connectivity index (χ4v) is 3.63. The second kappa shape index (κ2) is 10.5. The first kappa shape index (κ1) is 23.6. The molecule has 0 aliphatic heterocycles. The van der Waals surface area contributed by atoms with Crippen molar-refractivity contribution in [3.63, 3.8) is 0 Å². The third kappa shape index (κ3) is 6.22. The fourth-order valence-electron chi connectivity index (χ4n) is 3.63. The van der Waals surface area contributed by atoms with Gasteiger partial charge in [-0.1, -0.05) is 24.3 Å². The van der Waals surface area contributed by atoms with Gasteiger partial charge in [-0.05, 0) is 54.7 Å². The lowest BCUT2D eigenvalue weighted by atomic mass is 10.0. The van der Waals surface area contributed by atoms with Crippen LogP contribution in [-0.4, -0.2) is 52.4 Å². The molecular formula is C23H25FN4O5. The maximum Gasteiger partial charge on any atom is 0.404 e. The molecule has 1 atom stereocenters. The number of nitrogens with one attached hydrogen (secondary N) is 4. The number of H-pyrrole nitrogens is 1. The van der Waals surface area contributed by atoms with Gasteiger partial charge in [0, 0.05) is 30.0 Å². The number of aromatic amines is 1. The number of carbonyl (C=O) groups is 3. The third-order valence-electron chi connectivity index (χ3n) is 5.31. The lowest BCUT2D eigenvalue weighted by Crippen LogP contribution is -2.43. The third-order valence-corrected chi connectivity index (χ3v) is 5.31. The van der Waals surface area contributed by atoms with Gasteiger partial charge in [0.2, 0.25) is 0 Å². The summed E-state index contributed by atoms with van der Waals surface area (Å²) in [6.07, 6.45) is -1.62. The molecule has 174 valence electrons. The molecule has 0 radical (unpaired) electrons.